The van der Waals surface area contributed by atoms with Gasteiger partial charge in [0.2, 0.25) is 0 Å². The van der Waals surface area contributed by atoms with Crippen molar-refractivity contribution in [3.8, 4) is 0 Å². The third-order valence-electron chi connectivity index (χ3n) is 3.37. The fraction of sp³-hybridized carbons (Fsp3) is 0.353. The van der Waals surface area contributed by atoms with E-state index in [1.165, 1.54) is 11.8 Å². The van der Waals surface area contributed by atoms with Crippen LogP contribution in [0.4, 0.5) is 0 Å². The van der Waals surface area contributed by atoms with Crippen LogP contribution in [0, 0.1) is 5.41 Å². The van der Waals surface area contributed by atoms with Crippen molar-refractivity contribution in [3.05, 3.63) is 59.5 Å². The van der Waals surface area contributed by atoms with E-state index >= 15 is 0 Å². The average molecular weight is 286 g/mol. The fourth-order valence-electron chi connectivity index (χ4n) is 2.24. The molecule has 0 saturated heterocycles. The number of rotatable bonds is 6. The van der Waals surface area contributed by atoms with Crippen molar-refractivity contribution < 1.29 is 9.21 Å². The Morgan fingerprint density at radius 3 is 2.62 bits per heavy atom. The minimum absolute atomic E-state index is 0.0164. The Morgan fingerprint density at radius 2 is 2.00 bits per heavy atom. The average Bonchev–Trinajstić information content (AvgIpc) is 2.94. The number of hydrogen-bond acceptors (Lipinski definition) is 3. The smallest absolute Gasteiger partial charge is 0.254 e. The minimum Gasteiger partial charge on any atom is -0.467 e. The molecule has 4 nitrogen and oxygen atoms in total. The van der Waals surface area contributed by atoms with Gasteiger partial charge in [-0.15, -0.1) is 0 Å². The highest BCUT2D eigenvalue weighted by Crippen LogP contribution is 2.21. The molecule has 0 fully saturated rings. The zero-order chi connectivity index (χ0) is 15.3. The Kier molecular flexibility index (Phi) is 4.81. The molecule has 21 heavy (non-hydrogen) atoms. The van der Waals surface area contributed by atoms with E-state index in [9.17, 15) is 4.79 Å². The van der Waals surface area contributed by atoms with Crippen molar-refractivity contribution in [2.45, 2.75) is 26.8 Å². The molecule has 0 bridgehead atoms. The predicted octanol–water partition coefficient (Wildman–Crippen LogP) is 2.74. The van der Waals surface area contributed by atoms with Crippen molar-refractivity contribution in [2.24, 2.45) is 11.1 Å². The van der Waals surface area contributed by atoms with Crippen LogP contribution in [-0.4, -0.2) is 12.5 Å². The molecule has 1 amide bonds. The second kappa shape index (κ2) is 6.59. The summed E-state index contributed by atoms with van der Waals surface area (Å²) < 4.78 is 5.18. The third-order valence-corrected chi connectivity index (χ3v) is 3.37. The lowest BCUT2D eigenvalue weighted by atomic mass is 9.85. The molecule has 0 atom stereocenters. The van der Waals surface area contributed by atoms with Crippen LogP contribution in [0.15, 0.2) is 47.1 Å². The highest BCUT2D eigenvalue weighted by Gasteiger charge is 2.20. The van der Waals surface area contributed by atoms with Gasteiger partial charge in [-0.05, 0) is 23.5 Å². The van der Waals surface area contributed by atoms with Crippen LogP contribution in [0.25, 0.3) is 0 Å². The van der Waals surface area contributed by atoms with E-state index in [1.54, 1.807) is 6.07 Å². The van der Waals surface area contributed by atoms with E-state index in [1.807, 2.05) is 18.2 Å². The van der Waals surface area contributed by atoms with E-state index in [-0.39, 0.29) is 11.3 Å². The molecule has 0 unspecified atom stereocenters. The molecule has 1 aromatic carbocycles. The van der Waals surface area contributed by atoms with Crippen molar-refractivity contribution in [1.82, 2.24) is 5.32 Å². The maximum atomic E-state index is 12.1. The molecular weight excluding hydrogens is 264 g/mol. The molecule has 0 aliphatic carbocycles. The summed E-state index contributed by atoms with van der Waals surface area (Å²) in [6, 6.07) is 12.0. The molecule has 0 aliphatic heterocycles. The van der Waals surface area contributed by atoms with Gasteiger partial charge in [0.15, 0.2) is 0 Å². The number of carbonyl (C=O) groups excluding carboxylic acids is 1. The molecule has 0 radical (unpaired) electrons. The van der Waals surface area contributed by atoms with Crippen LogP contribution in [0.5, 0.6) is 0 Å². The molecule has 2 aromatic rings. The summed E-state index contributed by atoms with van der Waals surface area (Å²) in [4.78, 5) is 12.1. The van der Waals surface area contributed by atoms with Gasteiger partial charge in [0.1, 0.15) is 12.0 Å². The highest BCUT2D eigenvalue weighted by atomic mass is 16.3. The zero-order valence-electron chi connectivity index (χ0n) is 12.6. The number of amides is 1. The van der Waals surface area contributed by atoms with Crippen molar-refractivity contribution >= 4 is 5.91 Å². The van der Waals surface area contributed by atoms with E-state index in [0.717, 1.165) is 6.42 Å². The summed E-state index contributed by atoms with van der Waals surface area (Å²) in [5.41, 5.74) is 7.24. The van der Waals surface area contributed by atoms with Crippen LogP contribution >= 0.6 is 0 Å². The summed E-state index contributed by atoms with van der Waals surface area (Å²) in [6.45, 7) is 5.18. The fourth-order valence-corrected chi connectivity index (χ4v) is 2.24. The largest absolute Gasteiger partial charge is 0.467 e. The first kappa shape index (κ1) is 15.3. The lowest BCUT2D eigenvalue weighted by molar-refractivity contribution is 0.0935. The second-order valence-corrected chi connectivity index (χ2v) is 6.02. The molecule has 2 rings (SSSR count). The van der Waals surface area contributed by atoms with E-state index in [2.05, 4.69) is 31.3 Å². The monoisotopic (exact) mass is 286 g/mol. The van der Waals surface area contributed by atoms with E-state index < -0.39 is 0 Å². The summed E-state index contributed by atoms with van der Waals surface area (Å²) in [5, 5.41) is 2.96. The second-order valence-electron chi connectivity index (χ2n) is 6.02. The molecule has 4 heteroatoms. The summed E-state index contributed by atoms with van der Waals surface area (Å²) in [7, 11) is 0. The van der Waals surface area contributed by atoms with Crippen LogP contribution in [0.1, 0.15) is 35.5 Å². The first-order chi connectivity index (χ1) is 10.00. The maximum Gasteiger partial charge on any atom is 0.254 e. The summed E-state index contributed by atoms with van der Waals surface area (Å²) in [6.07, 6.45) is 2.36. The van der Waals surface area contributed by atoms with Gasteiger partial charge in [0.25, 0.3) is 5.91 Å². The van der Waals surface area contributed by atoms with E-state index in [4.69, 9.17) is 10.2 Å². The molecular formula is C17H22N2O2. The molecule has 1 heterocycles. The quantitative estimate of drug-likeness (QED) is 0.858. The molecule has 112 valence electrons. The number of carbonyl (C=O) groups is 1. The number of nitrogens with two attached hydrogens (primary N) is 1. The topological polar surface area (TPSA) is 68.3 Å². The predicted molar refractivity (Wildman–Crippen MR) is 82.9 cm³/mol. The van der Waals surface area contributed by atoms with Crippen LogP contribution in [0.2, 0.25) is 0 Å². The molecule has 0 spiro atoms. The van der Waals surface area contributed by atoms with Gasteiger partial charge in [-0.25, -0.2) is 0 Å². The van der Waals surface area contributed by atoms with Crippen LogP contribution < -0.4 is 11.1 Å². The minimum atomic E-state index is -0.125. The summed E-state index contributed by atoms with van der Waals surface area (Å²) in [5.74, 6) is 0.489. The van der Waals surface area contributed by atoms with Crippen molar-refractivity contribution in [1.29, 1.82) is 0 Å². The Balaban J connectivity index is 1.90. The zero-order valence-corrected chi connectivity index (χ0v) is 12.6. The lowest BCUT2D eigenvalue weighted by Crippen LogP contribution is -2.35. The Labute approximate surface area is 125 Å². The molecule has 0 aliphatic rings. The van der Waals surface area contributed by atoms with Gasteiger partial charge in [-0.3, -0.25) is 4.79 Å². The maximum absolute atomic E-state index is 12.1. The van der Waals surface area contributed by atoms with Gasteiger partial charge in [-0.2, -0.15) is 0 Å². The van der Waals surface area contributed by atoms with Crippen LogP contribution in [0.3, 0.4) is 0 Å². The Morgan fingerprint density at radius 1 is 1.29 bits per heavy atom. The van der Waals surface area contributed by atoms with E-state index in [0.29, 0.717) is 24.4 Å². The molecule has 3 N–H and O–H groups in total. The Bertz CT molecular complexity index is 588. The SMILES string of the molecule is CC(C)(CNC(=O)c1coc(CN)c1)Cc1ccccc1. The van der Waals surface area contributed by atoms with Crippen LogP contribution in [-0.2, 0) is 13.0 Å². The van der Waals surface area contributed by atoms with Gasteiger partial charge in [-0.1, -0.05) is 44.2 Å². The number of furan rings is 1. The van der Waals surface area contributed by atoms with Gasteiger partial charge >= 0.3 is 0 Å². The number of nitrogens with one attached hydrogen (secondary N) is 1. The number of benzene rings is 1. The van der Waals surface area contributed by atoms with Gasteiger partial charge < -0.3 is 15.5 Å². The first-order valence-electron chi connectivity index (χ1n) is 7.10. The van der Waals surface area contributed by atoms with Crippen molar-refractivity contribution in [3.63, 3.8) is 0 Å². The highest BCUT2D eigenvalue weighted by molar-refractivity contribution is 5.93. The normalized spacial score (nSPS) is 11.4. The Hall–Kier alpha value is -2.07. The molecule has 0 saturated carbocycles. The summed E-state index contributed by atoms with van der Waals surface area (Å²) >= 11 is 0. The lowest BCUT2D eigenvalue weighted by Gasteiger charge is -2.25. The molecule has 1 aromatic heterocycles. The number of hydrogen-bond donors (Lipinski definition) is 2. The van der Waals surface area contributed by atoms with Gasteiger partial charge in [0, 0.05) is 6.54 Å². The third kappa shape index (κ3) is 4.46. The van der Waals surface area contributed by atoms with Gasteiger partial charge in [0.05, 0.1) is 12.1 Å². The first-order valence-corrected chi connectivity index (χ1v) is 7.10. The van der Waals surface area contributed by atoms with Crippen molar-refractivity contribution in [2.75, 3.05) is 6.54 Å². The standard InChI is InChI=1S/C17H22N2O2/c1-17(2,9-13-6-4-3-5-7-13)12-19-16(20)14-8-15(10-18)21-11-14/h3-8,11H,9-10,12,18H2,1-2H3,(H,19,20).